The Balaban J connectivity index is 1.72. The van der Waals surface area contributed by atoms with E-state index < -0.39 is 0 Å². The zero-order valence-corrected chi connectivity index (χ0v) is 19.4. The molecule has 8 heteroatoms. The lowest BCUT2D eigenvalue weighted by Gasteiger charge is -2.30. The highest BCUT2D eigenvalue weighted by Gasteiger charge is 2.26. The molecule has 1 saturated heterocycles. The van der Waals surface area contributed by atoms with Gasteiger partial charge in [-0.1, -0.05) is 11.6 Å². The molecule has 4 aromatic rings. The molecule has 6 nitrogen and oxygen atoms in total. The van der Waals surface area contributed by atoms with Gasteiger partial charge < -0.3 is 9.64 Å². The monoisotopic (exact) mass is 466 g/mol. The number of hydrogen-bond donors (Lipinski definition) is 0. The minimum atomic E-state index is -0.0820. The third-order valence-electron chi connectivity index (χ3n) is 6.46. The van der Waals surface area contributed by atoms with Crippen LogP contribution in [0.4, 0.5) is 5.95 Å². The van der Waals surface area contributed by atoms with Crippen molar-refractivity contribution in [2.45, 2.75) is 32.6 Å². The zero-order valence-electron chi connectivity index (χ0n) is 17.9. The normalized spacial score (nSPS) is 16.6. The Morgan fingerprint density at radius 1 is 1.03 bits per heavy atom. The van der Waals surface area contributed by atoms with Crippen LogP contribution in [0.3, 0.4) is 0 Å². The van der Waals surface area contributed by atoms with E-state index in [0.717, 1.165) is 40.0 Å². The maximum Gasteiger partial charge on any atom is 0.269 e. The lowest BCUT2D eigenvalue weighted by Crippen LogP contribution is -2.40. The van der Waals surface area contributed by atoms with Crippen molar-refractivity contribution in [2.24, 2.45) is 0 Å². The number of hydrogen-bond acceptors (Lipinski definition) is 6. The summed E-state index contributed by atoms with van der Waals surface area (Å²) in [5.74, 6) is 0.663. The molecule has 1 aromatic carbocycles. The predicted molar refractivity (Wildman–Crippen MR) is 130 cm³/mol. The van der Waals surface area contributed by atoms with Gasteiger partial charge in [0.15, 0.2) is 0 Å². The molecule has 1 aliphatic heterocycles. The topological polar surface area (TPSA) is 60.2 Å². The SMILES string of the molecule is Cc1nc2sc3c(c2c2nc(N4CCOCC4)n(-c4ccc(Cl)cc4)c(=O)c12)CCCC3. The van der Waals surface area contributed by atoms with E-state index in [2.05, 4.69) is 4.90 Å². The molecule has 0 spiro atoms. The lowest BCUT2D eigenvalue weighted by molar-refractivity contribution is 0.122. The molecule has 0 radical (unpaired) electrons. The van der Waals surface area contributed by atoms with Gasteiger partial charge in [0.25, 0.3) is 5.56 Å². The summed E-state index contributed by atoms with van der Waals surface area (Å²) in [6.45, 7) is 4.55. The molecule has 4 heterocycles. The van der Waals surface area contributed by atoms with Crippen LogP contribution >= 0.6 is 22.9 Å². The van der Waals surface area contributed by atoms with Gasteiger partial charge in [-0.15, -0.1) is 11.3 Å². The molecule has 2 aliphatic rings. The van der Waals surface area contributed by atoms with Gasteiger partial charge in [0.2, 0.25) is 5.95 Å². The Hall–Kier alpha value is -2.48. The second-order valence-corrected chi connectivity index (χ2v) is 9.96. The number of thiophene rings is 1. The van der Waals surface area contributed by atoms with Crippen LogP contribution < -0.4 is 10.5 Å². The number of aromatic nitrogens is 3. The van der Waals surface area contributed by atoms with Crippen molar-refractivity contribution in [1.82, 2.24) is 14.5 Å². The van der Waals surface area contributed by atoms with E-state index >= 15 is 0 Å². The van der Waals surface area contributed by atoms with E-state index in [9.17, 15) is 4.79 Å². The molecule has 32 heavy (non-hydrogen) atoms. The maximum atomic E-state index is 14.0. The van der Waals surface area contributed by atoms with Crippen molar-refractivity contribution in [3.8, 4) is 5.69 Å². The first-order chi connectivity index (χ1) is 15.6. The molecule has 0 unspecified atom stereocenters. The van der Waals surface area contributed by atoms with Crippen LogP contribution in [0.25, 0.3) is 26.8 Å². The molecule has 164 valence electrons. The van der Waals surface area contributed by atoms with Crippen LogP contribution in [0.5, 0.6) is 0 Å². The number of ether oxygens (including phenoxy) is 1. The summed E-state index contributed by atoms with van der Waals surface area (Å²) in [6, 6.07) is 7.35. The van der Waals surface area contributed by atoms with Gasteiger partial charge in [0.05, 0.1) is 35.5 Å². The van der Waals surface area contributed by atoms with E-state index in [4.69, 9.17) is 26.3 Å². The number of morpholine rings is 1. The molecular formula is C24H23ClN4O2S. The van der Waals surface area contributed by atoms with Gasteiger partial charge in [-0.05, 0) is 62.4 Å². The van der Waals surface area contributed by atoms with Gasteiger partial charge >= 0.3 is 0 Å². The summed E-state index contributed by atoms with van der Waals surface area (Å²) < 4.78 is 7.28. The highest BCUT2D eigenvalue weighted by Crippen LogP contribution is 2.39. The lowest BCUT2D eigenvalue weighted by atomic mass is 9.96. The summed E-state index contributed by atoms with van der Waals surface area (Å²) >= 11 is 7.90. The van der Waals surface area contributed by atoms with Gasteiger partial charge in [0, 0.05) is 28.4 Å². The van der Waals surface area contributed by atoms with Crippen LogP contribution in [-0.4, -0.2) is 40.8 Å². The fourth-order valence-electron chi connectivity index (χ4n) is 4.90. The number of benzene rings is 1. The summed E-state index contributed by atoms with van der Waals surface area (Å²) in [6.07, 6.45) is 4.51. The highest BCUT2D eigenvalue weighted by molar-refractivity contribution is 7.19. The number of pyridine rings is 1. The van der Waals surface area contributed by atoms with Crippen molar-refractivity contribution < 1.29 is 4.74 Å². The number of fused-ring (bicyclic) bond motifs is 5. The highest BCUT2D eigenvalue weighted by atomic mass is 35.5. The Bertz CT molecular complexity index is 1400. The Kier molecular flexibility index (Phi) is 4.93. The second-order valence-electron chi connectivity index (χ2n) is 8.44. The van der Waals surface area contributed by atoms with Crippen LogP contribution in [0.2, 0.25) is 5.02 Å². The average Bonchev–Trinajstić information content (AvgIpc) is 3.18. The van der Waals surface area contributed by atoms with Gasteiger partial charge in [0.1, 0.15) is 4.83 Å². The number of anilines is 1. The van der Waals surface area contributed by atoms with Crippen LogP contribution in [0, 0.1) is 6.92 Å². The molecule has 0 amide bonds. The molecule has 0 N–H and O–H groups in total. The molecule has 6 rings (SSSR count). The fourth-order valence-corrected chi connectivity index (χ4v) is 6.34. The van der Waals surface area contributed by atoms with Crippen molar-refractivity contribution in [3.05, 3.63) is 55.8 Å². The first-order valence-electron chi connectivity index (χ1n) is 11.1. The summed E-state index contributed by atoms with van der Waals surface area (Å²) in [5.41, 5.74) is 3.55. The molecule has 0 saturated carbocycles. The molecule has 0 bridgehead atoms. The number of nitrogens with zero attached hydrogens (tertiary/aromatic N) is 4. The quantitative estimate of drug-likeness (QED) is 0.429. The molecule has 1 fully saturated rings. The average molecular weight is 467 g/mol. The largest absolute Gasteiger partial charge is 0.378 e. The van der Waals surface area contributed by atoms with Crippen LogP contribution in [-0.2, 0) is 17.6 Å². The number of halogens is 1. The Morgan fingerprint density at radius 2 is 1.78 bits per heavy atom. The minimum absolute atomic E-state index is 0.0820. The smallest absolute Gasteiger partial charge is 0.269 e. The number of rotatable bonds is 2. The summed E-state index contributed by atoms with van der Waals surface area (Å²) in [4.78, 5) is 28.7. The van der Waals surface area contributed by atoms with Crippen LogP contribution in [0.15, 0.2) is 29.1 Å². The van der Waals surface area contributed by atoms with Gasteiger partial charge in [-0.25, -0.2) is 14.5 Å². The molecule has 3 aromatic heterocycles. The van der Waals surface area contributed by atoms with E-state index in [1.807, 2.05) is 19.1 Å². The summed E-state index contributed by atoms with van der Waals surface area (Å²) in [5, 5.41) is 2.32. The summed E-state index contributed by atoms with van der Waals surface area (Å²) in [7, 11) is 0. The Labute approximate surface area is 194 Å². The standard InChI is InChI=1S/C24H23ClN4O2S/c1-14-19-21(20-17-4-2-3-5-18(17)32-22(20)26-14)27-24(28-10-12-31-13-11-28)29(23(19)30)16-8-6-15(25)7-9-16/h6-9H,2-5,10-13H2,1H3. The van der Waals surface area contributed by atoms with E-state index in [-0.39, 0.29) is 5.56 Å². The van der Waals surface area contributed by atoms with Crippen molar-refractivity contribution >= 4 is 50.0 Å². The predicted octanol–water partition coefficient (Wildman–Crippen LogP) is 4.67. The van der Waals surface area contributed by atoms with Crippen molar-refractivity contribution in [1.29, 1.82) is 0 Å². The first-order valence-corrected chi connectivity index (χ1v) is 12.3. The molecule has 1 aliphatic carbocycles. The zero-order chi connectivity index (χ0) is 21.8. The third kappa shape index (κ3) is 3.14. The van der Waals surface area contributed by atoms with Gasteiger partial charge in [-0.3, -0.25) is 4.79 Å². The number of aryl methyl sites for hydroxylation is 3. The third-order valence-corrected chi connectivity index (χ3v) is 7.90. The van der Waals surface area contributed by atoms with Gasteiger partial charge in [-0.2, -0.15) is 0 Å². The van der Waals surface area contributed by atoms with E-state index in [1.54, 1.807) is 28.0 Å². The minimum Gasteiger partial charge on any atom is -0.378 e. The molecule has 0 atom stereocenters. The molecular weight excluding hydrogens is 444 g/mol. The van der Waals surface area contributed by atoms with E-state index in [0.29, 0.717) is 42.7 Å². The second kappa shape index (κ2) is 7.83. The first kappa shape index (κ1) is 20.1. The van der Waals surface area contributed by atoms with Crippen molar-refractivity contribution in [2.75, 3.05) is 31.2 Å². The van der Waals surface area contributed by atoms with Crippen LogP contribution in [0.1, 0.15) is 29.0 Å². The van der Waals surface area contributed by atoms with Crippen molar-refractivity contribution in [3.63, 3.8) is 0 Å². The maximum absolute atomic E-state index is 14.0. The van der Waals surface area contributed by atoms with E-state index in [1.165, 1.54) is 23.3 Å². The Morgan fingerprint density at radius 3 is 2.56 bits per heavy atom. The fraction of sp³-hybridized carbons (Fsp3) is 0.375.